The first kappa shape index (κ1) is 26.9. The molecule has 1 N–H and O–H groups in total. The van der Waals surface area contributed by atoms with Crippen molar-refractivity contribution < 1.29 is 9.94 Å². The second-order valence-corrected chi connectivity index (χ2v) is 9.91. The Labute approximate surface area is 220 Å². The second-order valence-electron chi connectivity index (χ2n) is 9.91. The van der Waals surface area contributed by atoms with E-state index >= 15 is 0 Å². The predicted molar refractivity (Wildman–Crippen MR) is 145 cm³/mol. The van der Waals surface area contributed by atoms with Crippen molar-refractivity contribution in [2.75, 3.05) is 19.7 Å². The molecule has 2 atom stereocenters. The Bertz CT molecular complexity index is 1180. The third-order valence-electron chi connectivity index (χ3n) is 7.13. The number of nitrogens with zero attached hydrogens (tertiary/aromatic N) is 6. The summed E-state index contributed by atoms with van der Waals surface area (Å²) in [5, 5.41) is 22.8. The Morgan fingerprint density at radius 2 is 2.00 bits per heavy atom. The summed E-state index contributed by atoms with van der Waals surface area (Å²) in [6.45, 7) is 11.2. The first-order valence-corrected chi connectivity index (χ1v) is 13.5. The van der Waals surface area contributed by atoms with Gasteiger partial charge in [-0.25, -0.2) is 4.68 Å². The minimum Gasteiger partial charge on any atom is -0.394 e. The summed E-state index contributed by atoms with van der Waals surface area (Å²) in [6.07, 6.45) is 6.08. The second kappa shape index (κ2) is 12.9. The van der Waals surface area contributed by atoms with Gasteiger partial charge in [-0.3, -0.25) is 9.88 Å². The van der Waals surface area contributed by atoms with Crippen LogP contribution in [0.2, 0.25) is 0 Å². The minimum absolute atomic E-state index is 0.0131. The maximum absolute atomic E-state index is 9.89. The van der Waals surface area contributed by atoms with E-state index in [0.717, 1.165) is 56.6 Å². The van der Waals surface area contributed by atoms with Crippen LogP contribution in [0, 0.1) is 0 Å². The summed E-state index contributed by atoms with van der Waals surface area (Å²) in [5.41, 5.74) is 8.08. The van der Waals surface area contributed by atoms with E-state index < -0.39 is 0 Å². The molecule has 0 bridgehead atoms. The number of aliphatic hydroxyl groups excluding tert-OH is 1. The lowest BCUT2D eigenvalue weighted by molar-refractivity contribution is 0.0683. The molecule has 37 heavy (non-hydrogen) atoms. The average molecular weight is 505 g/mol. The van der Waals surface area contributed by atoms with Gasteiger partial charge < -0.3 is 9.94 Å². The highest BCUT2D eigenvalue weighted by molar-refractivity contribution is 5.81. The molecule has 1 aliphatic rings. The zero-order chi connectivity index (χ0) is 26.2. The highest BCUT2D eigenvalue weighted by Gasteiger charge is 2.20. The van der Waals surface area contributed by atoms with Crippen LogP contribution in [0.5, 0.6) is 0 Å². The standard InChI is InChI=1S/C29H40N6O2/c1-5-24-17-25-18-34(15-13-28(25)30-27(24)6-2)14-12-21(3)32-37-22(4)29-19-35(33-31-29)26(20-36)16-23-10-8-7-9-11-23/h7-11,17,19,22,26,36H,5-6,12-16,18,20H2,1-4H3/t22-,26+/m1/s1. The molecule has 2 aromatic heterocycles. The van der Waals surface area contributed by atoms with Crippen molar-refractivity contribution in [3.05, 3.63) is 76.4 Å². The predicted octanol–water partition coefficient (Wildman–Crippen LogP) is 4.48. The quantitative estimate of drug-likeness (QED) is 0.289. The molecule has 4 rings (SSSR count). The molecule has 1 aromatic carbocycles. The van der Waals surface area contributed by atoms with E-state index in [9.17, 15) is 5.11 Å². The third-order valence-corrected chi connectivity index (χ3v) is 7.13. The fourth-order valence-electron chi connectivity index (χ4n) is 4.80. The van der Waals surface area contributed by atoms with E-state index in [1.165, 1.54) is 22.5 Å². The molecule has 1 aliphatic heterocycles. The van der Waals surface area contributed by atoms with Gasteiger partial charge in [0.05, 0.1) is 24.6 Å². The summed E-state index contributed by atoms with van der Waals surface area (Å²) < 4.78 is 1.72. The van der Waals surface area contributed by atoms with Crippen molar-refractivity contribution in [3.8, 4) is 0 Å². The van der Waals surface area contributed by atoms with Gasteiger partial charge in [-0.05, 0) is 49.8 Å². The molecule has 0 unspecified atom stereocenters. The van der Waals surface area contributed by atoms with Gasteiger partial charge in [0.1, 0.15) is 5.69 Å². The average Bonchev–Trinajstić information content (AvgIpc) is 3.43. The fourth-order valence-corrected chi connectivity index (χ4v) is 4.80. The number of aliphatic hydroxyl groups is 1. The smallest absolute Gasteiger partial charge is 0.169 e. The lowest BCUT2D eigenvalue weighted by Gasteiger charge is -2.29. The Morgan fingerprint density at radius 1 is 1.19 bits per heavy atom. The molecule has 0 saturated heterocycles. The first-order valence-electron chi connectivity index (χ1n) is 13.5. The third kappa shape index (κ3) is 7.02. The largest absolute Gasteiger partial charge is 0.394 e. The highest BCUT2D eigenvalue weighted by Crippen LogP contribution is 2.22. The molecule has 0 aliphatic carbocycles. The summed E-state index contributed by atoms with van der Waals surface area (Å²) in [5.74, 6) is 0. The number of aromatic nitrogens is 4. The van der Waals surface area contributed by atoms with Crippen LogP contribution in [-0.4, -0.2) is 55.4 Å². The number of oxime groups is 1. The maximum atomic E-state index is 9.89. The molecule has 0 amide bonds. The maximum Gasteiger partial charge on any atom is 0.169 e. The van der Waals surface area contributed by atoms with Gasteiger partial charge in [-0.2, -0.15) is 0 Å². The van der Waals surface area contributed by atoms with Crippen LogP contribution in [0.25, 0.3) is 0 Å². The van der Waals surface area contributed by atoms with Crippen LogP contribution in [0.15, 0.2) is 47.8 Å². The molecule has 3 heterocycles. The van der Waals surface area contributed by atoms with Gasteiger partial charge >= 0.3 is 0 Å². The van der Waals surface area contributed by atoms with Gasteiger partial charge in [-0.1, -0.05) is 60.6 Å². The van der Waals surface area contributed by atoms with Crippen LogP contribution in [-0.2, 0) is 37.1 Å². The van der Waals surface area contributed by atoms with E-state index in [1.54, 1.807) is 4.68 Å². The van der Waals surface area contributed by atoms with Gasteiger partial charge in [-0.15, -0.1) is 5.10 Å². The van der Waals surface area contributed by atoms with Crippen molar-refractivity contribution in [1.29, 1.82) is 0 Å². The van der Waals surface area contributed by atoms with Crippen molar-refractivity contribution in [1.82, 2.24) is 24.9 Å². The van der Waals surface area contributed by atoms with Gasteiger partial charge in [0.25, 0.3) is 0 Å². The fraction of sp³-hybridized carbons (Fsp3) is 0.517. The van der Waals surface area contributed by atoms with Crippen LogP contribution in [0.3, 0.4) is 0 Å². The van der Waals surface area contributed by atoms with E-state index in [0.29, 0.717) is 12.1 Å². The van der Waals surface area contributed by atoms with E-state index in [1.807, 2.05) is 50.4 Å². The summed E-state index contributed by atoms with van der Waals surface area (Å²) in [4.78, 5) is 13.2. The molecule has 8 heteroatoms. The Hall–Kier alpha value is -3.10. The Morgan fingerprint density at radius 3 is 2.73 bits per heavy atom. The SMILES string of the molecule is CCc1cc2c(nc1CC)CCN(CCC(C)=NO[C@H](C)c1cn([C@H](CO)Cc3ccccc3)nn1)C2. The zero-order valence-corrected chi connectivity index (χ0v) is 22.6. The lowest BCUT2D eigenvalue weighted by atomic mass is 9.99. The number of benzene rings is 1. The van der Waals surface area contributed by atoms with Gasteiger partial charge in [0.15, 0.2) is 6.10 Å². The topological polar surface area (TPSA) is 88.7 Å². The normalized spacial score (nSPS) is 15.9. The number of pyridine rings is 1. The molecule has 0 saturated carbocycles. The molecule has 198 valence electrons. The molecule has 0 spiro atoms. The number of fused-ring (bicyclic) bond motifs is 1. The molecule has 3 aromatic rings. The molecular formula is C29H40N6O2. The van der Waals surface area contributed by atoms with Gasteiger partial charge in [0.2, 0.25) is 0 Å². The summed E-state index contributed by atoms with van der Waals surface area (Å²) in [6, 6.07) is 12.3. The Kier molecular flexibility index (Phi) is 9.41. The molecule has 0 fully saturated rings. The van der Waals surface area contributed by atoms with Crippen molar-refractivity contribution >= 4 is 5.71 Å². The molecular weight excluding hydrogens is 464 g/mol. The van der Waals surface area contributed by atoms with Crippen LogP contribution >= 0.6 is 0 Å². The number of hydrogen-bond acceptors (Lipinski definition) is 7. The van der Waals surface area contributed by atoms with Crippen molar-refractivity contribution in [2.45, 2.75) is 78.5 Å². The number of hydrogen-bond donors (Lipinski definition) is 1. The van der Waals surface area contributed by atoms with Crippen LogP contribution in [0.4, 0.5) is 0 Å². The van der Waals surface area contributed by atoms with Crippen molar-refractivity contribution in [3.63, 3.8) is 0 Å². The monoisotopic (exact) mass is 504 g/mol. The van der Waals surface area contributed by atoms with Crippen LogP contribution < -0.4 is 0 Å². The Balaban J connectivity index is 1.28. The number of rotatable bonds is 12. The molecule has 0 radical (unpaired) electrons. The van der Waals surface area contributed by atoms with E-state index in [4.69, 9.17) is 9.82 Å². The zero-order valence-electron chi connectivity index (χ0n) is 22.6. The minimum atomic E-state index is -0.326. The first-order chi connectivity index (χ1) is 18.0. The summed E-state index contributed by atoms with van der Waals surface area (Å²) >= 11 is 0. The van der Waals surface area contributed by atoms with E-state index in [-0.39, 0.29) is 18.8 Å². The van der Waals surface area contributed by atoms with Crippen LogP contribution in [0.1, 0.15) is 80.0 Å². The van der Waals surface area contributed by atoms with Gasteiger partial charge in [0, 0.05) is 43.9 Å². The summed E-state index contributed by atoms with van der Waals surface area (Å²) in [7, 11) is 0. The highest BCUT2D eigenvalue weighted by atomic mass is 16.6. The molecule has 8 nitrogen and oxygen atoms in total. The number of aryl methyl sites for hydroxylation is 2. The van der Waals surface area contributed by atoms with Crippen molar-refractivity contribution in [2.24, 2.45) is 5.16 Å². The lowest BCUT2D eigenvalue weighted by Crippen LogP contribution is -2.33. The van der Waals surface area contributed by atoms with E-state index in [2.05, 4.69) is 40.3 Å².